The summed E-state index contributed by atoms with van der Waals surface area (Å²) in [6, 6.07) is 0. The van der Waals surface area contributed by atoms with Crippen LogP contribution in [-0.2, 0) is 0 Å². The molecule has 1 aliphatic rings. The van der Waals surface area contributed by atoms with Crippen LogP contribution in [-0.4, -0.2) is 35.2 Å². The van der Waals surface area contributed by atoms with E-state index in [0.29, 0.717) is 0 Å². The first-order valence-corrected chi connectivity index (χ1v) is 3.97. The van der Waals surface area contributed by atoms with E-state index in [-0.39, 0.29) is 12.1 Å². The monoisotopic (exact) mass is 157 g/mol. The van der Waals surface area contributed by atoms with Gasteiger partial charge in [0.1, 0.15) is 0 Å². The highest BCUT2D eigenvalue weighted by Crippen LogP contribution is 2.09. The third kappa shape index (κ3) is 2.38. The summed E-state index contributed by atoms with van der Waals surface area (Å²) in [6.07, 6.45) is 2.31. The van der Waals surface area contributed by atoms with Gasteiger partial charge in [0, 0.05) is 13.1 Å². The summed E-state index contributed by atoms with van der Waals surface area (Å²) >= 11 is 0. The van der Waals surface area contributed by atoms with Crippen LogP contribution in [0.25, 0.3) is 0 Å². The van der Waals surface area contributed by atoms with Crippen molar-refractivity contribution < 1.29 is 5.11 Å². The predicted molar refractivity (Wildman–Crippen MR) is 43.3 cm³/mol. The number of nitrogens with two attached hydrogens (primary N) is 1. The zero-order chi connectivity index (χ0) is 8.27. The molecule has 0 amide bonds. The van der Waals surface area contributed by atoms with Crippen LogP contribution in [0, 0.1) is 5.41 Å². The van der Waals surface area contributed by atoms with E-state index in [1.165, 1.54) is 0 Å². The van der Waals surface area contributed by atoms with E-state index in [9.17, 15) is 5.11 Å². The lowest BCUT2D eigenvalue weighted by Gasteiger charge is -2.19. The van der Waals surface area contributed by atoms with Crippen LogP contribution >= 0.6 is 0 Å². The van der Waals surface area contributed by atoms with E-state index in [2.05, 4.69) is 0 Å². The minimum absolute atomic E-state index is 0.124. The van der Waals surface area contributed by atoms with Crippen LogP contribution in [0.5, 0.6) is 0 Å². The zero-order valence-corrected chi connectivity index (χ0v) is 6.58. The number of nitrogens with zero attached hydrogens (tertiary/aromatic N) is 1. The molecule has 1 fully saturated rings. The molecule has 0 bridgehead atoms. The number of likely N-dealkylation sites (tertiary alicyclic amines) is 1. The van der Waals surface area contributed by atoms with E-state index >= 15 is 0 Å². The maximum atomic E-state index is 9.25. The molecule has 0 radical (unpaired) electrons. The van der Waals surface area contributed by atoms with Crippen LogP contribution in [0.15, 0.2) is 0 Å². The predicted octanol–water partition coefficient (Wildman–Crippen LogP) is -0.273. The van der Waals surface area contributed by atoms with E-state index in [4.69, 9.17) is 11.1 Å². The van der Waals surface area contributed by atoms with Gasteiger partial charge in [-0.25, -0.2) is 0 Å². The normalized spacial score (nSPS) is 26.3. The van der Waals surface area contributed by atoms with E-state index in [1.807, 2.05) is 0 Å². The highest BCUT2D eigenvalue weighted by molar-refractivity contribution is 5.74. The molecular weight excluding hydrogens is 142 g/mol. The smallest absolute Gasteiger partial charge is 0.188 e. The Morgan fingerprint density at radius 2 is 2.18 bits per heavy atom. The summed E-state index contributed by atoms with van der Waals surface area (Å²) in [5.41, 5.74) is 5.31. The van der Waals surface area contributed by atoms with Crippen molar-refractivity contribution >= 4 is 5.96 Å². The van der Waals surface area contributed by atoms with Gasteiger partial charge < -0.3 is 15.7 Å². The molecule has 0 aromatic carbocycles. The Bertz CT molecular complexity index is 149. The highest BCUT2D eigenvalue weighted by Gasteiger charge is 2.14. The van der Waals surface area contributed by atoms with Gasteiger partial charge in [-0.1, -0.05) is 0 Å². The molecule has 0 aliphatic carbocycles. The first-order valence-electron chi connectivity index (χ1n) is 3.97. The zero-order valence-electron chi connectivity index (χ0n) is 6.58. The maximum Gasteiger partial charge on any atom is 0.188 e. The summed E-state index contributed by atoms with van der Waals surface area (Å²) in [5, 5.41) is 16.4. The van der Waals surface area contributed by atoms with Crippen LogP contribution in [0.3, 0.4) is 0 Å². The van der Waals surface area contributed by atoms with Crippen molar-refractivity contribution in [2.75, 3.05) is 13.1 Å². The molecule has 1 saturated heterocycles. The van der Waals surface area contributed by atoms with Gasteiger partial charge in [0.05, 0.1) is 6.10 Å². The van der Waals surface area contributed by atoms with Gasteiger partial charge >= 0.3 is 0 Å². The second-order valence-corrected chi connectivity index (χ2v) is 2.96. The van der Waals surface area contributed by atoms with Crippen molar-refractivity contribution in [3.63, 3.8) is 0 Å². The Balaban J connectivity index is 2.40. The quantitative estimate of drug-likeness (QED) is 0.334. The van der Waals surface area contributed by atoms with Crippen molar-refractivity contribution in [2.24, 2.45) is 5.73 Å². The molecule has 1 atom stereocenters. The van der Waals surface area contributed by atoms with Crippen molar-refractivity contribution in [1.82, 2.24) is 4.90 Å². The summed E-state index contributed by atoms with van der Waals surface area (Å²) in [5.74, 6) is 0.124. The second kappa shape index (κ2) is 3.57. The van der Waals surface area contributed by atoms with E-state index in [0.717, 1.165) is 32.4 Å². The van der Waals surface area contributed by atoms with Gasteiger partial charge in [-0.05, 0) is 19.3 Å². The van der Waals surface area contributed by atoms with Gasteiger partial charge in [-0.3, -0.25) is 5.41 Å². The van der Waals surface area contributed by atoms with Gasteiger partial charge in [0.2, 0.25) is 0 Å². The van der Waals surface area contributed by atoms with Crippen LogP contribution in [0.4, 0.5) is 0 Å². The summed E-state index contributed by atoms with van der Waals surface area (Å²) in [7, 11) is 0. The lowest BCUT2D eigenvalue weighted by Crippen LogP contribution is -2.37. The first kappa shape index (κ1) is 8.33. The summed E-state index contributed by atoms with van der Waals surface area (Å²) in [6.45, 7) is 1.53. The largest absolute Gasteiger partial charge is 0.393 e. The molecule has 1 unspecified atom stereocenters. The van der Waals surface area contributed by atoms with Gasteiger partial charge in [-0.15, -0.1) is 0 Å². The standard InChI is InChI=1S/C7H15N3O/c8-7(9)10-4-1-2-6(11)3-5-10/h6,11H,1-5H2,(H3,8,9). The van der Waals surface area contributed by atoms with Gasteiger partial charge in [0.25, 0.3) is 0 Å². The lowest BCUT2D eigenvalue weighted by molar-refractivity contribution is 0.159. The van der Waals surface area contributed by atoms with Crippen LogP contribution < -0.4 is 5.73 Å². The summed E-state index contributed by atoms with van der Waals surface area (Å²) < 4.78 is 0. The lowest BCUT2D eigenvalue weighted by atomic mass is 10.2. The number of nitrogens with one attached hydrogen (secondary N) is 1. The van der Waals surface area contributed by atoms with Crippen LogP contribution in [0.1, 0.15) is 19.3 Å². The molecule has 0 aromatic heterocycles. The fourth-order valence-corrected chi connectivity index (χ4v) is 1.32. The molecule has 64 valence electrons. The van der Waals surface area contributed by atoms with Crippen molar-refractivity contribution in [3.8, 4) is 0 Å². The first-order chi connectivity index (χ1) is 5.20. The Hall–Kier alpha value is -0.770. The number of aliphatic hydroxyl groups is 1. The fraction of sp³-hybridized carbons (Fsp3) is 0.857. The molecule has 4 heteroatoms. The molecule has 1 aliphatic heterocycles. The number of rotatable bonds is 0. The average Bonchev–Trinajstić information content (AvgIpc) is 2.13. The molecule has 0 saturated carbocycles. The highest BCUT2D eigenvalue weighted by atomic mass is 16.3. The van der Waals surface area contributed by atoms with E-state index < -0.39 is 0 Å². The van der Waals surface area contributed by atoms with Crippen molar-refractivity contribution in [1.29, 1.82) is 5.41 Å². The maximum absolute atomic E-state index is 9.25. The molecule has 1 rings (SSSR count). The third-order valence-electron chi connectivity index (χ3n) is 2.04. The molecule has 0 spiro atoms. The van der Waals surface area contributed by atoms with E-state index in [1.54, 1.807) is 4.90 Å². The summed E-state index contributed by atoms with van der Waals surface area (Å²) in [4.78, 5) is 1.80. The molecule has 4 N–H and O–H groups in total. The molecule has 4 nitrogen and oxygen atoms in total. The molecule has 0 aromatic rings. The fourth-order valence-electron chi connectivity index (χ4n) is 1.32. The average molecular weight is 157 g/mol. The van der Waals surface area contributed by atoms with Crippen LogP contribution in [0.2, 0.25) is 0 Å². The Kier molecular flexibility index (Phi) is 2.70. The van der Waals surface area contributed by atoms with Gasteiger partial charge in [0.15, 0.2) is 5.96 Å². The Morgan fingerprint density at radius 3 is 2.82 bits per heavy atom. The van der Waals surface area contributed by atoms with Crippen molar-refractivity contribution in [2.45, 2.75) is 25.4 Å². The topological polar surface area (TPSA) is 73.3 Å². The SMILES string of the molecule is N=C(N)N1CCCC(O)CC1. The second-order valence-electron chi connectivity index (χ2n) is 2.96. The van der Waals surface area contributed by atoms with Gasteiger partial charge in [-0.2, -0.15) is 0 Å². The Morgan fingerprint density at radius 1 is 1.45 bits per heavy atom. The number of hydrogen-bond donors (Lipinski definition) is 3. The minimum atomic E-state index is -0.195. The molecular formula is C7H15N3O. The Labute approximate surface area is 66.5 Å². The number of hydrogen-bond acceptors (Lipinski definition) is 2. The number of guanidine groups is 1. The molecule has 1 heterocycles. The van der Waals surface area contributed by atoms with Crippen molar-refractivity contribution in [3.05, 3.63) is 0 Å². The number of aliphatic hydroxyl groups excluding tert-OH is 1. The minimum Gasteiger partial charge on any atom is -0.393 e. The third-order valence-corrected chi connectivity index (χ3v) is 2.04. The molecule has 11 heavy (non-hydrogen) atoms.